The highest BCUT2D eigenvalue weighted by molar-refractivity contribution is 6.09. The molecule has 5 nitrogen and oxygen atoms in total. The first-order chi connectivity index (χ1) is 13.0. The average Bonchev–Trinajstić information content (AvgIpc) is 3.01. The Morgan fingerprint density at radius 3 is 2.67 bits per heavy atom. The third-order valence-electron chi connectivity index (χ3n) is 4.62. The Hall–Kier alpha value is -3.72. The van der Waals surface area contributed by atoms with Gasteiger partial charge in [0.2, 0.25) is 0 Å². The van der Waals surface area contributed by atoms with Gasteiger partial charge in [0.1, 0.15) is 40.3 Å². The summed E-state index contributed by atoms with van der Waals surface area (Å²) < 4.78 is 24.6. The second-order valence-electron chi connectivity index (χ2n) is 6.22. The first-order valence-electron chi connectivity index (χ1n) is 8.21. The van der Waals surface area contributed by atoms with Gasteiger partial charge < -0.3 is 20.0 Å². The Morgan fingerprint density at radius 2 is 1.96 bits per heavy atom. The maximum atomic E-state index is 13.3. The summed E-state index contributed by atoms with van der Waals surface area (Å²) in [5.41, 5.74) is 7.62. The van der Waals surface area contributed by atoms with Crippen molar-refractivity contribution >= 4 is 27.4 Å². The Balaban J connectivity index is 1.96. The lowest BCUT2D eigenvalue weighted by molar-refractivity contribution is 0.415. The van der Waals surface area contributed by atoms with E-state index in [1.54, 1.807) is 31.4 Å². The van der Waals surface area contributed by atoms with Crippen molar-refractivity contribution in [2.45, 2.75) is 6.42 Å². The minimum atomic E-state index is -0.427. The SMILES string of the molecule is COc1ccc2c(O)cc3c(C#N)c(Cc4ccc(F)cc4N)oc3c2c1. The number of rotatable bonds is 3. The Labute approximate surface area is 154 Å². The number of ether oxygens (including phenoxy) is 1. The zero-order valence-corrected chi connectivity index (χ0v) is 14.4. The van der Waals surface area contributed by atoms with Gasteiger partial charge in [-0.15, -0.1) is 0 Å². The lowest BCUT2D eigenvalue weighted by Crippen LogP contribution is -1.97. The molecule has 4 aromatic rings. The molecule has 0 bridgehead atoms. The van der Waals surface area contributed by atoms with Gasteiger partial charge in [0.15, 0.2) is 0 Å². The van der Waals surface area contributed by atoms with Crippen LogP contribution in [-0.2, 0) is 6.42 Å². The van der Waals surface area contributed by atoms with E-state index in [9.17, 15) is 14.8 Å². The number of nitrogens with two attached hydrogens (primary N) is 1. The van der Waals surface area contributed by atoms with Crippen LogP contribution < -0.4 is 10.5 Å². The summed E-state index contributed by atoms with van der Waals surface area (Å²) in [7, 11) is 1.55. The Morgan fingerprint density at radius 1 is 1.15 bits per heavy atom. The molecule has 0 atom stereocenters. The average molecular weight is 362 g/mol. The Bertz CT molecular complexity index is 1240. The number of hydrogen-bond acceptors (Lipinski definition) is 5. The lowest BCUT2D eigenvalue weighted by Gasteiger charge is -2.05. The number of phenols is 1. The van der Waals surface area contributed by atoms with Gasteiger partial charge in [0, 0.05) is 28.3 Å². The van der Waals surface area contributed by atoms with Crippen molar-refractivity contribution < 1.29 is 18.7 Å². The molecule has 0 fully saturated rings. The first kappa shape index (κ1) is 16.7. The van der Waals surface area contributed by atoms with Crippen LogP contribution in [0.1, 0.15) is 16.9 Å². The highest BCUT2D eigenvalue weighted by Crippen LogP contribution is 2.39. The molecule has 0 saturated heterocycles. The summed E-state index contributed by atoms with van der Waals surface area (Å²) in [6.07, 6.45) is 0.232. The minimum absolute atomic E-state index is 0.0466. The maximum absolute atomic E-state index is 13.3. The molecule has 0 aliphatic carbocycles. The fraction of sp³-hybridized carbons (Fsp3) is 0.0952. The normalized spacial score (nSPS) is 11.0. The van der Waals surface area contributed by atoms with Gasteiger partial charge in [-0.05, 0) is 42.0 Å². The second-order valence-corrected chi connectivity index (χ2v) is 6.22. The van der Waals surface area contributed by atoms with E-state index in [4.69, 9.17) is 14.9 Å². The Kier molecular flexibility index (Phi) is 3.85. The molecule has 3 N–H and O–H groups in total. The number of furan rings is 1. The molecule has 0 saturated carbocycles. The zero-order chi connectivity index (χ0) is 19.1. The van der Waals surface area contributed by atoms with E-state index in [1.807, 2.05) is 0 Å². The highest BCUT2D eigenvalue weighted by atomic mass is 19.1. The monoisotopic (exact) mass is 362 g/mol. The van der Waals surface area contributed by atoms with E-state index >= 15 is 0 Å². The van der Waals surface area contributed by atoms with Crippen LogP contribution in [0, 0.1) is 17.1 Å². The minimum Gasteiger partial charge on any atom is -0.507 e. The second kappa shape index (κ2) is 6.22. The third-order valence-corrected chi connectivity index (χ3v) is 4.62. The molecule has 0 radical (unpaired) electrons. The molecule has 3 aromatic carbocycles. The molecule has 6 heteroatoms. The number of aromatic hydroxyl groups is 1. The molecular weight excluding hydrogens is 347 g/mol. The van der Waals surface area contributed by atoms with Gasteiger partial charge in [-0.3, -0.25) is 0 Å². The zero-order valence-electron chi connectivity index (χ0n) is 14.4. The molecule has 1 heterocycles. The quantitative estimate of drug-likeness (QED) is 0.524. The molecule has 1 aromatic heterocycles. The van der Waals surface area contributed by atoms with Gasteiger partial charge in [-0.25, -0.2) is 4.39 Å². The van der Waals surface area contributed by atoms with E-state index in [-0.39, 0.29) is 17.9 Å². The van der Waals surface area contributed by atoms with Gasteiger partial charge >= 0.3 is 0 Å². The molecule has 134 valence electrons. The van der Waals surface area contributed by atoms with Crippen molar-refractivity contribution in [1.29, 1.82) is 5.26 Å². The topological polar surface area (TPSA) is 92.4 Å². The molecule has 0 aliphatic rings. The number of hydrogen-bond donors (Lipinski definition) is 2. The number of nitriles is 1. The van der Waals surface area contributed by atoms with Gasteiger partial charge in [-0.2, -0.15) is 5.26 Å². The predicted molar refractivity (Wildman–Crippen MR) is 100 cm³/mol. The van der Waals surface area contributed by atoms with E-state index in [0.29, 0.717) is 44.4 Å². The van der Waals surface area contributed by atoms with Gasteiger partial charge in [0.05, 0.1) is 7.11 Å². The summed E-state index contributed by atoms with van der Waals surface area (Å²) in [5, 5.41) is 21.8. The molecule has 0 aliphatic heterocycles. The molecule has 27 heavy (non-hydrogen) atoms. The third kappa shape index (κ3) is 2.70. The number of halogens is 1. The fourth-order valence-electron chi connectivity index (χ4n) is 3.25. The number of nitrogen functional groups attached to an aromatic ring is 1. The number of methoxy groups -OCH3 is 1. The van der Waals surface area contributed by atoms with Crippen LogP contribution in [-0.4, -0.2) is 12.2 Å². The van der Waals surface area contributed by atoms with Crippen LogP contribution >= 0.6 is 0 Å². The summed E-state index contributed by atoms with van der Waals surface area (Å²) in [5.74, 6) is 0.629. The highest BCUT2D eigenvalue weighted by Gasteiger charge is 2.19. The van der Waals surface area contributed by atoms with E-state index in [0.717, 1.165) is 0 Å². The number of nitrogens with zero attached hydrogens (tertiary/aromatic N) is 1. The van der Waals surface area contributed by atoms with Crippen molar-refractivity contribution in [2.75, 3.05) is 12.8 Å². The van der Waals surface area contributed by atoms with Gasteiger partial charge in [-0.1, -0.05) is 6.07 Å². The molecular formula is C21H15FN2O3. The molecule has 0 amide bonds. The molecule has 0 unspecified atom stereocenters. The van der Waals surface area contributed by atoms with Crippen molar-refractivity contribution in [3.05, 3.63) is 65.2 Å². The first-order valence-corrected chi connectivity index (χ1v) is 8.21. The van der Waals surface area contributed by atoms with E-state index in [1.165, 1.54) is 18.2 Å². The summed E-state index contributed by atoms with van der Waals surface area (Å²) in [6.45, 7) is 0. The van der Waals surface area contributed by atoms with Crippen LogP contribution in [0.2, 0.25) is 0 Å². The lowest BCUT2D eigenvalue weighted by atomic mass is 10.0. The largest absolute Gasteiger partial charge is 0.507 e. The van der Waals surface area contributed by atoms with E-state index < -0.39 is 5.82 Å². The standard InChI is InChI=1S/C21H15FN2O3/c1-26-13-4-5-14-15(8-13)21-16(9-19(14)25)17(10-23)20(27-21)6-11-2-3-12(22)7-18(11)24/h2-5,7-9,25H,6,24H2,1H3. The maximum Gasteiger partial charge on any atom is 0.143 e. The molecule has 4 rings (SSSR count). The summed E-state index contributed by atoms with van der Waals surface area (Å²) in [4.78, 5) is 0. The van der Waals surface area contributed by atoms with Crippen LogP contribution in [0.5, 0.6) is 11.5 Å². The number of benzene rings is 3. The smallest absolute Gasteiger partial charge is 0.143 e. The number of fused-ring (bicyclic) bond motifs is 3. The van der Waals surface area contributed by atoms with Crippen LogP contribution in [0.25, 0.3) is 21.7 Å². The van der Waals surface area contributed by atoms with Crippen LogP contribution in [0.3, 0.4) is 0 Å². The van der Waals surface area contributed by atoms with Gasteiger partial charge in [0.25, 0.3) is 0 Å². The van der Waals surface area contributed by atoms with Crippen molar-refractivity contribution in [2.24, 2.45) is 0 Å². The van der Waals surface area contributed by atoms with E-state index in [2.05, 4.69) is 6.07 Å². The van der Waals surface area contributed by atoms with Crippen molar-refractivity contribution in [1.82, 2.24) is 0 Å². The van der Waals surface area contributed by atoms with Crippen LogP contribution in [0.4, 0.5) is 10.1 Å². The van der Waals surface area contributed by atoms with Crippen LogP contribution in [0.15, 0.2) is 46.9 Å². The van der Waals surface area contributed by atoms with Crippen molar-refractivity contribution in [3.63, 3.8) is 0 Å². The molecule has 0 spiro atoms. The number of anilines is 1. The predicted octanol–water partition coefficient (Wildman–Crippen LogP) is 4.48. The number of phenolic OH excluding ortho intramolecular Hbond substituents is 1. The summed E-state index contributed by atoms with van der Waals surface area (Å²) in [6, 6.07) is 13.0. The summed E-state index contributed by atoms with van der Waals surface area (Å²) >= 11 is 0. The fourth-order valence-corrected chi connectivity index (χ4v) is 3.25. The van der Waals surface area contributed by atoms with Crippen molar-refractivity contribution in [3.8, 4) is 17.6 Å².